The molecule has 97 valence electrons. The van der Waals surface area contributed by atoms with E-state index in [2.05, 4.69) is 64.1 Å². The summed E-state index contributed by atoms with van der Waals surface area (Å²) in [6.07, 6.45) is 0. The predicted molar refractivity (Wildman–Crippen MR) is 79.5 cm³/mol. The van der Waals surface area contributed by atoms with Crippen LogP contribution in [0.3, 0.4) is 0 Å². The second kappa shape index (κ2) is 4.12. The molecule has 0 spiro atoms. The van der Waals surface area contributed by atoms with Crippen LogP contribution in [0.4, 0.5) is 0 Å². The maximum atomic E-state index is 5.96. The molecule has 19 heavy (non-hydrogen) atoms. The highest BCUT2D eigenvalue weighted by atomic mass is 16.5. The lowest BCUT2D eigenvalue weighted by Crippen LogP contribution is -2.22. The zero-order chi connectivity index (χ0) is 13.6. The summed E-state index contributed by atoms with van der Waals surface area (Å²) >= 11 is 0. The van der Waals surface area contributed by atoms with Gasteiger partial charge in [0.15, 0.2) is 0 Å². The Morgan fingerprint density at radius 1 is 0.947 bits per heavy atom. The van der Waals surface area contributed by atoms with Gasteiger partial charge in [0.05, 0.1) is 0 Å². The molecule has 1 aliphatic carbocycles. The smallest absolute Gasteiger partial charge is 0.120 e. The third-order valence-corrected chi connectivity index (χ3v) is 3.45. The number of fused-ring (bicyclic) bond motifs is 3. The summed E-state index contributed by atoms with van der Waals surface area (Å²) in [7, 11) is 0. The first-order valence-electron chi connectivity index (χ1n) is 6.71. The molecule has 3 rings (SSSR count). The molecule has 1 heteroatoms. The maximum Gasteiger partial charge on any atom is 0.120 e. The average molecular weight is 251 g/mol. The Bertz CT molecular complexity index is 620. The van der Waals surface area contributed by atoms with E-state index in [9.17, 15) is 0 Å². The summed E-state index contributed by atoms with van der Waals surface area (Å²) in [5.41, 5.74) is 4.98. The van der Waals surface area contributed by atoms with Crippen molar-refractivity contribution < 1.29 is 4.74 Å². The van der Waals surface area contributed by atoms with Gasteiger partial charge < -0.3 is 4.74 Å². The van der Waals surface area contributed by atoms with E-state index < -0.39 is 0 Å². The van der Waals surface area contributed by atoms with Crippen molar-refractivity contribution in [1.82, 2.24) is 0 Å². The second-order valence-corrected chi connectivity index (χ2v) is 6.10. The van der Waals surface area contributed by atoms with E-state index in [1.54, 1.807) is 0 Å². The van der Waals surface area contributed by atoms with Crippen LogP contribution in [-0.4, -0.2) is 5.60 Å². The van der Waals surface area contributed by atoms with E-state index in [-0.39, 0.29) is 11.5 Å². The van der Waals surface area contributed by atoms with E-state index in [0.29, 0.717) is 0 Å². The Morgan fingerprint density at radius 2 is 1.63 bits per heavy atom. The molecule has 1 nitrogen and oxygen atoms in total. The van der Waals surface area contributed by atoms with Gasteiger partial charge in [-0.2, -0.15) is 0 Å². The van der Waals surface area contributed by atoms with Gasteiger partial charge in [0, 0.05) is 5.92 Å². The van der Waals surface area contributed by atoms with Crippen LogP contribution in [0.1, 0.15) is 37.8 Å². The summed E-state index contributed by atoms with van der Waals surface area (Å²) < 4.78 is 5.96. The number of hydrogen-bond acceptors (Lipinski definition) is 1. The zero-order valence-corrected chi connectivity index (χ0v) is 11.7. The molecule has 0 aliphatic heterocycles. The predicted octanol–water partition coefficient (Wildman–Crippen LogP) is 4.81. The fourth-order valence-corrected chi connectivity index (χ4v) is 2.70. The third-order valence-electron chi connectivity index (χ3n) is 3.45. The van der Waals surface area contributed by atoms with Crippen molar-refractivity contribution in [3.8, 4) is 16.9 Å². The molecule has 1 radical (unpaired) electrons. The molecule has 2 aromatic rings. The Kier molecular flexibility index (Phi) is 2.67. The SMILES string of the molecule is [CH2]C1c2ccccc2-c2cc(OC(C)(C)C)ccc21. The zero-order valence-electron chi connectivity index (χ0n) is 11.7. The Balaban J connectivity index is 2.08. The van der Waals surface area contributed by atoms with Gasteiger partial charge in [-0.25, -0.2) is 0 Å². The van der Waals surface area contributed by atoms with Crippen LogP contribution in [0.2, 0.25) is 0 Å². The van der Waals surface area contributed by atoms with Gasteiger partial charge in [0.25, 0.3) is 0 Å². The fourth-order valence-electron chi connectivity index (χ4n) is 2.70. The lowest BCUT2D eigenvalue weighted by atomic mass is 9.99. The molecule has 0 amide bonds. The molecule has 1 aliphatic rings. The molecule has 2 aromatic carbocycles. The summed E-state index contributed by atoms with van der Waals surface area (Å²) in [6, 6.07) is 14.8. The molecule has 0 saturated carbocycles. The van der Waals surface area contributed by atoms with Crippen LogP contribution in [-0.2, 0) is 0 Å². The number of benzene rings is 2. The number of hydrogen-bond donors (Lipinski definition) is 0. The Hall–Kier alpha value is -1.76. The molecular weight excluding hydrogens is 232 g/mol. The minimum absolute atomic E-state index is 0.170. The van der Waals surface area contributed by atoms with Crippen molar-refractivity contribution in [2.75, 3.05) is 0 Å². The van der Waals surface area contributed by atoms with Gasteiger partial charge in [-0.05, 0) is 62.1 Å². The highest BCUT2D eigenvalue weighted by molar-refractivity contribution is 5.80. The van der Waals surface area contributed by atoms with Crippen LogP contribution in [0.5, 0.6) is 5.75 Å². The minimum atomic E-state index is -0.170. The maximum absolute atomic E-state index is 5.96. The molecule has 0 aromatic heterocycles. The summed E-state index contributed by atoms with van der Waals surface area (Å²) in [6.45, 7) is 10.5. The van der Waals surface area contributed by atoms with Gasteiger partial charge >= 0.3 is 0 Å². The summed E-state index contributed by atoms with van der Waals surface area (Å²) in [4.78, 5) is 0. The first kappa shape index (κ1) is 12.3. The molecule has 0 N–H and O–H groups in total. The topological polar surface area (TPSA) is 9.23 Å². The largest absolute Gasteiger partial charge is 0.488 e. The average Bonchev–Trinajstić information content (AvgIpc) is 2.62. The molecule has 1 atom stereocenters. The van der Waals surface area contributed by atoms with Gasteiger partial charge in [-0.1, -0.05) is 30.3 Å². The van der Waals surface area contributed by atoms with Crippen molar-refractivity contribution in [3.05, 3.63) is 60.5 Å². The summed E-state index contributed by atoms with van der Waals surface area (Å²) in [5.74, 6) is 1.16. The van der Waals surface area contributed by atoms with Gasteiger partial charge in [-0.3, -0.25) is 0 Å². The fraction of sp³-hybridized carbons (Fsp3) is 0.278. The second-order valence-electron chi connectivity index (χ2n) is 6.10. The highest BCUT2D eigenvalue weighted by Crippen LogP contribution is 2.45. The highest BCUT2D eigenvalue weighted by Gasteiger charge is 2.25. The van der Waals surface area contributed by atoms with Gasteiger partial charge in [0.2, 0.25) is 0 Å². The van der Waals surface area contributed by atoms with Crippen LogP contribution < -0.4 is 4.74 Å². The molecular formula is C18H19O. The van der Waals surface area contributed by atoms with E-state index in [1.807, 2.05) is 6.07 Å². The van der Waals surface area contributed by atoms with E-state index in [0.717, 1.165) is 5.75 Å². The van der Waals surface area contributed by atoms with E-state index in [1.165, 1.54) is 22.3 Å². The van der Waals surface area contributed by atoms with Crippen LogP contribution in [0.25, 0.3) is 11.1 Å². The monoisotopic (exact) mass is 251 g/mol. The van der Waals surface area contributed by atoms with Crippen LogP contribution >= 0.6 is 0 Å². The van der Waals surface area contributed by atoms with Crippen LogP contribution in [0.15, 0.2) is 42.5 Å². The molecule has 0 bridgehead atoms. The Morgan fingerprint density at radius 3 is 2.37 bits per heavy atom. The third kappa shape index (κ3) is 2.14. The van der Waals surface area contributed by atoms with Crippen molar-refractivity contribution in [3.63, 3.8) is 0 Å². The molecule has 0 heterocycles. The molecule has 1 unspecified atom stereocenters. The number of ether oxygens (including phenoxy) is 1. The van der Waals surface area contributed by atoms with Crippen molar-refractivity contribution in [2.45, 2.75) is 32.3 Å². The first-order valence-corrected chi connectivity index (χ1v) is 6.71. The van der Waals surface area contributed by atoms with Gasteiger partial charge in [0.1, 0.15) is 11.4 Å². The summed E-state index contributed by atoms with van der Waals surface area (Å²) in [5, 5.41) is 0. The molecule has 0 saturated heterocycles. The quantitative estimate of drug-likeness (QED) is 0.706. The van der Waals surface area contributed by atoms with E-state index >= 15 is 0 Å². The van der Waals surface area contributed by atoms with Crippen molar-refractivity contribution >= 4 is 0 Å². The lowest BCUT2D eigenvalue weighted by molar-refractivity contribution is 0.131. The Labute approximate surface area is 115 Å². The van der Waals surface area contributed by atoms with Gasteiger partial charge in [-0.15, -0.1) is 0 Å². The van der Waals surface area contributed by atoms with E-state index in [4.69, 9.17) is 4.74 Å². The number of rotatable bonds is 1. The minimum Gasteiger partial charge on any atom is -0.488 e. The normalized spacial score (nSPS) is 16.9. The first-order chi connectivity index (χ1) is 8.96. The van der Waals surface area contributed by atoms with Crippen LogP contribution in [0, 0.1) is 6.92 Å². The standard InChI is InChI=1S/C18H19O/c1-12-14-7-5-6-8-16(14)17-11-13(9-10-15(12)17)19-18(2,3)4/h5-12H,1H2,2-4H3. The van der Waals surface area contributed by atoms with Crippen molar-refractivity contribution in [1.29, 1.82) is 0 Å². The lowest BCUT2D eigenvalue weighted by Gasteiger charge is -2.21. The molecule has 0 fully saturated rings. The van der Waals surface area contributed by atoms with Crippen molar-refractivity contribution in [2.24, 2.45) is 0 Å².